The molecule has 52 valence electrons. The Kier molecular flexibility index (Phi) is 1.53. The third-order valence-corrected chi connectivity index (χ3v) is 1.09. The van der Waals surface area contributed by atoms with E-state index in [1.54, 1.807) is 0 Å². The summed E-state index contributed by atoms with van der Waals surface area (Å²) in [6, 6.07) is 2.74. The Morgan fingerprint density at radius 3 is 2.40 bits per heavy atom. The third-order valence-electron chi connectivity index (χ3n) is 1.09. The molecule has 1 rings (SSSR count). The number of hydrogen-bond acceptors (Lipinski definition) is 2. The Morgan fingerprint density at radius 1 is 1.50 bits per heavy atom. The molecule has 0 radical (unpaired) electrons. The van der Waals surface area contributed by atoms with Crippen molar-refractivity contribution in [3.63, 3.8) is 0 Å². The van der Waals surface area contributed by atoms with Gasteiger partial charge in [-0.1, -0.05) is 0 Å². The summed E-state index contributed by atoms with van der Waals surface area (Å²) in [6.45, 7) is 0. The van der Waals surface area contributed by atoms with Crippen molar-refractivity contribution in [2.24, 2.45) is 5.73 Å². The average Bonchev–Trinajstić information content (AvgIpc) is 1.88. The van der Waals surface area contributed by atoms with Crippen molar-refractivity contribution in [2.75, 3.05) is 0 Å². The lowest BCUT2D eigenvalue weighted by molar-refractivity contribution is -0.605. The van der Waals surface area contributed by atoms with Crippen LogP contribution in [0, 0.1) is 5.21 Å². The number of aromatic nitrogens is 1. The fraction of sp³-hybridized carbons (Fsp3) is 0. The topological polar surface area (TPSA) is 70.0 Å². The molecule has 0 atom stereocenters. The first-order valence-corrected chi connectivity index (χ1v) is 2.69. The lowest BCUT2D eigenvalue weighted by atomic mass is 10.3. The highest BCUT2D eigenvalue weighted by Gasteiger charge is 1.98. The first-order valence-electron chi connectivity index (χ1n) is 2.69. The largest absolute Gasteiger partial charge is 0.619 e. The van der Waals surface area contributed by atoms with Crippen molar-refractivity contribution < 1.29 is 9.52 Å². The minimum absolute atomic E-state index is 0.340. The fourth-order valence-electron chi connectivity index (χ4n) is 0.577. The van der Waals surface area contributed by atoms with E-state index in [2.05, 4.69) is 0 Å². The summed E-state index contributed by atoms with van der Waals surface area (Å²) in [6.07, 6.45) is 2.44. The van der Waals surface area contributed by atoms with Gasteiger partial charge in [0, 0.05) is 12.1 Å². The maximum Gasteiger partial charge on any atom is 0.249 e. The maximum absolute atomic E-state index is 10.4. The Hall–Kier alpha value is -1.58. The second kappa shape index (κ2) is 2.34. The lowest BCUT2D eigenvalue weighted by Gasteiger charge is -1.94. The van der Waals surface area contributed by atoms with Crippen molar-refractivity contribution in [2.45, 2.75) is 0 Å². The summed E-state index contributed by atoms with van der Waals surface area (Å²) in [5, 5.41) is 10.4. The molecule has 0 aromatic carbocycles. The number of carbonyl (C=O) groups is 1. The van der Waals surface area contributed by atoms with E-state index in [1.165, 1.54) is 24.5 Å². The van der Waals surface area contributed by atoms with Crippen LogP contribution < -0.4 is 10.5 Å². The van der Waals surface area contributed by atoms with Crippen LogP contribution in [0.3, 0.4) is 0 Å². The summed E-state index contributed by atoms with van der Waals surface area (Å²) >= 11 is 0. The summed E-state index contributed by atoms with van der Waals surface area (Å²) in [5.41, 5.74) is 5.25. The van der Waals surface area contributed by atoms with E-state index in [-0.39, 0.29) is 0 Å². The van der Waals surface area contributed by atoms with Gasteiger partial charge in [0.25, 0.3) is 0 Å². The van der Waals surface area contributed by atoms with Gasteiger partial charge in [0.1, 0.15) is 0 Å². The molecular formula is C6H6N2O2. The molecule has 1 aromatic rings. The van der Waals surface area contributed by atoms with Gasteiger partial charge in [0.15, 0.2) is 12.4 Å². The van der Waals surface area contributed by atoms with E-state index >= 15 is 0 Å². The van der Waals surface area contributed by atoms with Gasteiger partial charge < -0.3 is 10.9 Å². The van der Waals surface area contributed by atoms with Gasteiger partial charge in [0.05, 0.1) is 5.56 Å². The van der Waals surface area contributed by atoms with E-state index in [0.717, 1.165) is 0 Å². The van der Waals surface area contributed by atoms with Crippen LogP contribution in [0.15, 0.2) is 24.5 Å². The molecule has 1 heterocycles. The average molecular weight is 138 g/mol. The molecule has 1 amide bonds. The zero-order valence-electron chi connectivity index (χ0n) is 5.15. The normalized spacial score (nSPS) is 9.20. The van der Waals surface area contributed by atoms with Crippen molar-refractivity contribution in [1.29, 1.82) is 0 Å². The Morgan fingerprint density at radius 2 is 2.00 bits per heavy atom. The molecule has 0 saturated carbocycles. The lowest BCUT2D eigenvalue weighted by Crippen LogP contribution is -2.25. The van der Waals surface area contributed by atoms with Crippen molar-refractivity contribution in [3.8, 4) is 0 Å². The molecule has 0 aliphatic heterocycles. The summed E-state index contributed by atoms with van der Waals surface area (Å²) in [7, 11) is 0. The molecule has 0 saturated heterocycles. The van der Waals surface area contributed by atoms with E-state index in [1.807, 2.05) is 0 Å². The van der Waals surface area contributed by atoms with Crippen LogP contribution in [0.2, 0.25) is 0 Å². The van der Waals surface area contributed by atoms with Crippen LogP contribution in [-0.2, 0) is 0 Å². The van der Waals surface area contributed by atoms with Gasteiger partial charge in [-0.25, -0.2) is 0 Å². The van der Waals surface area contributed by atoms with Gasteiger partial charge in [-0.2, -0.15) is 4.73 Å². The molecule has 0 aliphatic carbocycles. The zero-order valence-corrected chi connectivity index (χ0v) is 5.15. The number of primary amides is 1. The highest BCUT2D eigenvalue weighted by Crippen LogP contribution is 1.90. The number of amides is 1. The minimum atomic E-state index is -0.527. The van der Waals surface area contributed by atoms with Crippen molar-refractivity contribution >= 4 is 5.91 Å². The summed E-state index contributed by atoms with van der Waals surface area (Å²) in [5.74, 6) is -0.527. The van der Waals surface area contributed by atoms with Crippen LogP contribution in [0.1, 0.15) is 10.4 Å². The Labute approximate surface area is 57.5 Å². The first kappa shape index (κ1) is 6.54. The quantitative estimate of drug-likeness (QED) is 0.416. The third kappa shape index (κ3) is 1.22. The van der Waals surface area contributed by atoms with E-state index < -0.39 is 5.91 Å². The van der Waals surface area contributed by atoms with E-state index in [0.29, 0.717) is 10.3 Å². The second-order valence-corrected chi connectivity index (χ2v) is 1.81. The molecule has 0 aliphatic rings. The zero-order chi connectivity index (χ0) is 7.56. The van der Waals surface area contributed by atoms with Gasteiger partial charge in [-0.3, -0.25) is 4.79 Å². The highest BCUT2D eigenvalue weighted by molar-refractivity contribution is 5.92. The van der Waals surface area contributed by atoms with Crippen LogP contribution >= 0.6 is 0 Å². The van der Waals surface area contributed by atoms with Gasteiger partial charge in [-0.15, -0.1) is 0 Å². The Bertz CT molecular complexity index is 242. The molecule has 0 fully saturated rings. The van der Waals surface area contributed by atoms with E-state index in [4.69, 9.17) is 5.73 Å². The highest BCUT2D eigenvalue weighted by atomic mass is 16.5. The molecular weight excluding hydrogens is 132 g/mol. The predicted octanol–water partition coefficient (Wildman–Crippen LogP) is -0.581. The van der Waals surface area contributed by atoms with Crippen molar-refractivity contribution in [3.05, 3.63) is 35.3 Å². The van der Waals surface area contributed by atoms with Crippen molar-refractivity contribution in [1.82, 2.24) is 0 Å². The van der Waals surface area contributed by atoms with Gasteiger partial charge in [-0.05, 0) is 0 Å². The first-order chi connectivity index (χ1) is 4.70. The predicted molar refractivity (Wildman–Crippen MR) is 33.9 cm³/mol. The number of nitrogens with two attached hydrogens (primary N) is 1. The number of rotatable bonds is 1. The van der Waals surface area contributed by atoms with Crippen LogP contribution in [0.5, 0.6) is 0 Å². The number of pyridine rings is 1. The SMILES string of the molecule is NC(=O)c1cc[n+]([O-])cc1. The molecule has 4 heteroatoms. The number of carbonyl (C=O) groups excluding carboxylic acids is 1. The summed E-state index contributed by atoms with van der Waals surface area (Å²) < 4.78 is 0.590. The number of hydrogen-bond donors (Lipinski definition) is 1. The molecule has 0 unspecified atom stereocenters. The minimum Gasteiger partial charge on any atom is -0.619 e. The van der Waals surface area contributed by atoms with Gasteiger partial charge in [0.2, 0.25) is 5.91 Å². The monoisotopic (exact) mass is 138 g/mol. The van der Waals surface area contributed by atoms with Crippen LogP contribution in [0.25, 0.3) is 0 Å². The molecule has 4 nitrogen and oxygen atoms in total. The maximum atomic E-state index is 10.4. The Balaban J connectivity index is 3.00. The van der Waals surface area contributed by atoms with Crippen LogP contribution in [-0.4, -0.2) is 5.91 Å². The molecule has 10 heavy (non-hydrogen) atoms. The molecule has 0 bridgehead atoms. The standard InChI is InChI=1S/C6H6N2O2/c7-6(9)5-1-3-8(10)4-2-5/h1-4H,(H2,7,9). The smallest absolute Gasteiger partial charge is 0.249 e. The molecule has 1 aromatic heterocycles. The fourth-order valence-corrected chi connectivity index (χ4v) is 0.577. The molecule has 0 spiro atoms. The second-order valence-electron chi connectivity index (χ2n) is 1.81. The molecule has 2 N–H and O–H groups in total. The van der Waals surface area contributed by atoms with E-state index in [9.17, 15) is 10.0 Å². The van der Waals surface area contributed by atoms with Gasteiger partial charge >= 0.3 is 0 Å². The van der Waals surface area contributed by atoms with Crippen LogP contribution in [0.4, 0.5) is 0 Å². The number of nitrogens with zero attached hydrogens (tertiary/aromatic N) is 1. The summed E-state index contributed by atoms with van der Waals surface area (Å²) in [4.78, 5) is 10.4.